The molecule has 0 spiro atoms. The fraction of sp³-hybridized carbons (Fsp3) is 0.571. The first-order valence-corrected chi connectivity index (χ1v) is 7.44. The number of rotatable bonds is 4. The monoisotopic (exact) mass is 351 g/mol. The highest BCUT2D eigenvalue weighted by molar-refractivity contribution is 9.10. The summed E-state index contributed by atoms with van der Waals surface area (Å²) in [5, 5.41) is 0. The van der Waals surface area contributed by atoms with Crippen molar-refractivity contribution in [3.05, 3.63) is 28.2 Å². The zero-order valence-corrected chi connectivity index (χ0v) is 12.6. The van der Waals surface area contributed by atoms with E-state index in [-0.39, 0.29) is 0 Å². The molecule has 1 fully saturated rings. The lowest BCUT2D eigenvalue weighted by atomic mass is 10.1. The topological polar surface area (TPSA) is 12.5 Å². The second-order valence-corrected chi connectivity index (χ2v) is 5.91. The third-order valence-electron chi connectivity index (χ3n) is 3.26. The molecule has 0 amide bonds. The van der Waals surface area contributed by atoms with E-state index in [0.29, 0.717) is 12.3 Å². The Morgan fingerprint density at radius 3 is 2.50 bits per heavy atom. The van der Waals surface area contributed by atoms with Crippen LogP contribution in [0.25, 0.3) is 0 Å². The van der Waals surface area contributed by atoms with E-state index < -0.39 is 12.8 Å². The second-order valence-electron chi connectivity index (χ2n) is 4.99. The van der Waals surface area contributed by atoms with E-state index in [2.05, 4.69) is 20.8 Å². The predicted octanol–water partition coefficient (Wildman–Crippen LogP) is 4.38. The normalized spacial score (nSPS) is 17.2. The molecule has 1 aromatic carbocycles. The molecule has 0 aromatic heterocycles. The van der Waals surface area contributed by atoms with Crippen LogP contribution in [0.4, 0.5) is 13.2 Å². The third kappa shape index (κ3) is 4.98. The summed E-state index contributed by atoms with van der Waals surface area (Å²) in [5.74, 6) is 0.316. The maximum Gasteiger partial charge on any atom is 0.422 e. The highest BCUT2D eigenvalue weighted by atomic mass is 79.9. The van der Waals surface area contributed by atoms with E-state index >= 15 is 0 Å². The van der Waals surface area contributed by atoms with Gasteiger partial charge >= 0.3 is 6.18 Å². The van der Waals surface area contributed by atoms with Gasteiger partial charge in [0.25, 0.3) is 0 Å². The van der Waals surface area contributed by atoms with Gasteiger partial charge in [0.15, 0.2) is 6.61 Å². The fourth-order valence-corrected chi connectivity index (χ4v) is 2.74. The Balaban J connectivity index is 2.06. The number of alkyl halides is 3. The average Bonchev–Trinajstić information content (AvgIpc) is 2.38. The molecule has 0 radical (unpaired) electrons. The summed E-state index contributed by atoms with van der Waals surface area (Å²) in [4.78, 5) is 2.26. The number of likely N-dealkylation sites (tertiary alicyclic amines) is 1. The predicted molar refractivity (Wildman–Crippen MR) is 74.8 cm³/mol. The number of halogens is 4. The zero-order chi connectivity index (χ0) is 14.6. The van der Waals surface area contributed by atoms with Crippen LogP contribution >= 0.6 is 15.9 Å². The summed E-state index contributed by atoms with van der Waals surface area (Å²) >= 11 is 3.36. The number of hydrogen-bond acceptors (Lipinski definition) is 2. The van der Waals surface area contributed by atoms with Crippen molar-refractivity contribution in [2.45, 2.75) is 32.0 Å². The highest BCUT2D eigenvalue weighted by Gasteiger charge is 2.29. The van der Waals surface area contributed by atoms with Crippen molar-refractivity contribution < 1.29 is 17.9 Å². The quantitative estimate of drug-likeness (QED) is 0.798. The molecule has 0 N–H and O–H groups in total. The van der Waals surface area contributed by atoms with Gasteiger partial charge in [-0.2, -0.15) is 13.2 Å². The molecule has 0 aliphatic carbocycles. The van der Waals surface area contributed by atoms with Gasteiger partial charge in [0, 0.05) is 16.6 Å². The van der Waals surface area contributed by atoms with Crippen molar-refractivity contribution >= 4 is 15.9 Å². The van der Waals surface area contributed by atoms with Crippen LogP contribution in [0.2, 0.25) is 0 Å². The van der Waals surface area contributed by atoms with E-state index in [1.54, 1.807) is 12.1 Å². The SMILES string of the molecule is FC(F)(F)COc1ccc(Br)cc1CN1CCCCC1. The Labute approximate surface area is 125 Å². The first-order valence-electron chi connectivity index (χ1n) is 6.64. The van der Waals surface area contributed by atoms with E-state index in [1.165, 1.54) is 6.42 Å². The molecule has 2 nitrogen and oxygen atoms in total. The van der Waals surface area contributed by atoms with Gasteiger partial charge in [-0.05, 0) is 44.1 Å². The van der Waals surface area contributed by atoms with E-state index in [0.717, 1.165) is 36.0 Å². The number of benzene rings is 1. The average molecular weight is 352 g/mol. The van der Waals surface area contributed by atoms with Crippen LogP contribution in [0.15, 0.2) is 22.7 Å². The molecular weight excluding hydrogens is 335 g/mol. The molecule has 0 bridgehead atoms. The lowest BCUT2D eigenvalue weighted by Gasteiger charge is -2.27. The molecule has 1 aliphatic heterocycles. The van der Waals surface area contributed by atoms with Crippen molar-refractivity contribution in [1.82, 2.24) is 4.90 Å². The number of nitrogens with zero attached hydrogens (tertiary/aromatic N) is 1. The van der Waals surface area contributed by atoms with Crippen molar-refractivity contribution in [3.8, 4) is 5.75 Å². The molecule has 20 heavy (non-hydrogen) atoms. The molecule has 1 aliphatic rings. The Hall–Kier alpha value is -0.750. The minimum atomic E-state index is -4.31. The second kappa shape index (κ2) is 6.80. The van der Waals surface area contributed by atoms with Crippen molar-refractivity contribution in [2.75, 3.05) is 19.7 Å². The minimum Gasteiger partial charge on any atom is -0.484 e. The molecule has 1 aromatic rings. The molecule has 0 unspecified atom stereocenters. The smallest absolute Gasteiger partial charge is 0.422 e. The molecule has 2 rings (SSSR count). The summed E-state index contributed by atoms with van der Waals surface area (Å²) in [6, 6.07) is 5.13. The summed E-state index contributed by atoms with van der Waals surface area (Å²) in [7, 11) is 0. The Kier molecular flexibility index (Phi) is 5.32. The third-order valence-corrected chi connectivity index (χ3v) is 3.75. The molecule has 0 saturated carbocycles. The van der Waals surface area contributed by atoms with Gasteiger partial charge in [0.2, 0.25) is 0 Å². The molecular formula is C14H17BrF3NO. The van der Waals surface area contributed by atoms with Gasteiger partial charge in [0.1, 0.15) is 5.75 Å². The standard InChI is InChI=1S/C14H17BrF3NO/c15-12-4-5-13(20-10-14(16,17)18)11(8-12)9-19-6-2-1-3-7-19/h4-5,8H,1-3,6-7,9-10H2. The first kappa shape index (κ1) is 15.6. The maximum absolute atomic E-state index is 12.3. The van der Waals surface area contributed by atoms with Gasteiger partial charge in [-0.15, -0.1) is 0 Å². The van der Waals surface area contributed by atoms with Crippen molar-refractivity contribution in [2.24, 2.45) is 0 Å². The lowest BCUT2D eigenvalue weighted by Crippen LogP contribution is -2.29. The summed E-state index contributed by atoms with van der Waals surface area (Å²) in [6.07, 6.45) is -0.790. The molecule has 1 heterocycles. The largest absolute Gasteiger partial charge is 0.484 e. The van der Waals surface area contributed by atoms with Gasteiger partial charge in [-0.1, -0.05) is 22.4 Å². The Morgan fingerprint density at radius 2 is 1.85 bits per heavy atom. The molecule has 1 saturated heterocycles. The minimum absolute atomic E-state index is 0.316. The summed E-state index contributed by atoms with van der Waals surface area (Å²) in [5.41, 5.74) is 0.797. The molecule has 112 valence electrons. The summed E-state index contributed by atoms with van der Waals surface area (Å²) < 4.78 is 42.6. The van der Waals surface area contributed by atoms with Crippen LogP contribution < -0.4 is 4.74 Å². The van der Waals surface area contributed by atoms with Crippen LogP contribution in [0.3, 0.4) is 0 Å². The maximum atomic E-state index is 12.3. The van der Waals surface area contributed by atoms with Gasteiger partial charge < -0.3 is 4.74 Å². The van der Waals surface area contributed by atoms with Crippen LogP contribution in [-0.2, 0) is 6.54 Å². The lowest BCUT2D eigenvalue weighted by molar-refractivity contribution is -0.153. The van der Waals surface area contributed by atoms with E-state index in [4.69, 9.17) is 4.74 Å². The van der Waals surface area contributed by atoms with Gasteiger partial charge in [-0.25, -0.2) is 0 Å². The van der Waals surface area contributed by atoms with Crippen molar-refractivity contribution in [3.63, 3.8) is 0 Å². The van der Waals surface area contributed by atoms with Gasteiger partial charge in [0.05, 0.1) is 0 Å². The molecule has 0 atom stereocenters. The number of piperidine rings is 1. The van der Waals surface area contributed by atoms with Crippen LogP contribution in [0.1, 0.15) is 24.8 Å². The zero-order valence-electron chi connectivity index (χ0n) is 11.0. The molecule has 6 heteroatoms. The highest BCUT2D eigenvalue weighted by Crippen LogP contribution is 2.27. The van der Waals surface area contributed by atoms with Crippen molar-refractivity contribution in [1.29, 1.82) is 0 Å². The fourth-order valence-electron chi connectivity index (χ4n) is 2.33. The van der Waals surface area contributed by atoms with Crippen LogP contribution in [0, 0.1) is 0 Å². The van der Waals surface area contributed by atoms with Crippen LogP contribution in [0.5, 0.6) is 5.75 Å². The Bertz CT molecular complexity index is 445. The van der Waals surface area contributed by atoms with E-state index in [1.807, 2.05) is 6.07 Å². The van der Waals surface area contributed by atoms with Gasteiger partial charge in [-0.3, -0.25) is 4.90 Å². The summed E-state index contributed by atoms with van der Waals surface area (Å²) in [6.45, 7) is 1.37. The Morgan fingerprint density at radius 1 is 1.15 bits per heavy atom. The number of hydrogen-bond donors (Lipinski definition) is 0. The van der Waals surface area contributed by atoms with E-state index in [9.17, 15) is 13.2 Å². The van der Waals surface area contributed by atoms with Crippen LogP contribution in [-0.4, -0.2) is 30.8 Å². The first-order chi connectivity index (χ1) is 9.44. The number of ether oxygens (including phenoxy) is 1.